The summed E-state index contributed by atoms with van der Waals surface area (Å²) in [5.74, 6) is 0.0411. The summed E-state index contributed by atoms with van der Waals surface area (Å²) in [5, 5.41) is 3.25. The summed E-state index contributed by atoms with van der Waals surface area (Å²) in [5.41, 5.74) is 2.07. The molecule has 0 bridgehead atoms. The summed E-state index contributed by atoms with van der Waals surface area (Å²) < 4.78 is 28.5. The van der Waals surface area contributed by atoms with E-state index in [1.165, 1.54) is 0 Å². The van der Waals surface area contributed by atoms with Crippen LogP contribution in [0.25, 0.3) is 0 Å². The van der Waals surface area contributed by atoms with Crippen LogP contribution in [0.1, 0.15) is 43.5 Å². The first-order valence-electron chi connectivity index (χ1n) is 11.2. The van der Waals surface area contributed by atoms with Gasteiger partial charge in [0, 0.05) is 38.1 Å². The minimum Gasteiger partial charge on any atom is -0.339 e. The van der Waals surface area contributed by atoms with E-state index in [2.05, 4.69) is 26.9 Å². The van der Waals surface area contributed by atoms with E-state index in [-0.39, 0.29) is 16.7 Å². The zero-order valence-electron chi connectivity index (χ0n) is 19.4. The highest BCUT2D eigenvalue weighted by molar-refractivity contribution is 7.89. The molecule has 1 atom stereocenters. The van der Waals surface area contributed by atoms with Crippen LogP contribution in [0.5, 0.6) is 0 Å². The second-order valence-electron chi connectivity index (χ2n) is 8.80. The van der Waals surface area contributed by atoms with Gasteiger partial charge >= 0.3 is 0 Å². The van der Waals surface area contributed by atoms with Gasteiger partial charge in [-0.15, -0.1) is 11.3 Å². The van der Waals surface area contributed by atoms with Gasteiger partial charge in [-0.1, -0.05) is 38.5 Å². The van der Waals surface area contributed by atoms with Crippen molar-refractivity contribution in [2.45, 2.75) is 58.0 Å². The molecule has 1 aromatic heterocycles. The van der Waals surface area contributed by atoms with Crippen LogP contribution in [0.15, 0.2) is 34.5 Å². The zero-order chi connectivity index (χ0) is 23.3. The Kier molecular flexibility index (Phi) is 8.43. The largest absolute Gasteiger partial charge is 0.339 e. The van der Waals surface area contributed by atoms with Crippen LogP contribution >= 0.6 is 11.3 Å². The average Bonchev–Trinajstić information content (AvgIpc) is 3.21. The highest BCUT2D eigenvalue weighted by Crippen LogP contribution is 2.17. The molecule has 2 heterocycles. The van der Waals surface area contributed by atoms with Crippen LogP contribution in [-0.4, -0.2) is 61.3 Å². The molecule has 0 saturated carbocycles. The summed E-state index contributed by atoms with van der Waals surface area (Å²) in [6.45, 7) is 11.5. The normalized spacial score (nSPS) is 16.5. The van der Waals surface area contributed by atoms with Crippen molar-refractivity contribution in [1.82, 2.24) is 19.5 Å². The van der Waals surface area contributed by atoms with E-state index in [1.54, 1.807) is 40.5 Å². The number of hydrogen-bond acceptors (Lipinski definition) is 6. The molecular formula is C23H34N4O3S2. The quantitative estimate of drug-likeness (QED) is 0.599. The summed E-state index contributed by atoms with van der Waals surface area (Å²) in [6, 6.07) is 5.92. The first-order chi connectivity index (χ1) is 15.2. The molecule has 1 unspecified atom stereocenters. The molecule has 1 saturated heterocycles. The Balaban J connectivity index is 1.62. The van der Waals surface area contributed by atoms with Gasteiger partial charge in [-0.3, -0.25) is 9.69 Å². The van der Waals surface area contributed by atoms with Gasteiger partial charge in [-0.05, 0) is 37.8 Å². The lowest BCUT2D eigenvalue weighted by atomic mass is 10.0. The predicted molar refractivity (Wildman–Crippen MR) is 128 cm³/mol. The Labute approximate surface area is 195 Å². The van der Waals surface area contributed by atoms with Gasteiger partial charge in [0.25, 0.3) is 0 Å². The monoisotopic (exact) mass is 478 g/mol. The second kappa shape index (κ2) is 10.9. The van der Waals surface area contributed by atoms with Crippen LogP contribution < -0.4 is 4.72 Å². The lowest BCUT2D eigenvalue weighted by molar-refractivity contribution is -0.135. The second-order valence-corrected chi connectivity index (χ2v) is 11.5. The number of thiazole rings is 1. The number of aromatic nitrogens is 1. The Hall–Kier alpha value is -1.81. The van der Waals surface area contributed by atoms with Crippen molar-refractivity contribution in [3.63, 3.8) is 0 Å². The molecule has 1 N–H and O–H groups in total. The molecule has 32 heavy (non-hydrogen) atoms. The molecule has 7 nitrogen and oxygen atoms in total. The third kappa shape index (κ3) is 6.60. The number of aryl methyl sites for hydroxylation is 2. The average molecular weight is 479 g/mol. The Morgan fingerprint density at radius 3 is 2.38 bits per heavy atom. The van der Waals surface area contributed by atoms with Crippen molar-refractivity contribution in [3.8, 4) is 0 Å². The number of amides is 1. The molecule has 1 aliphatic heterocycles. The van der Waals surface area contributed by atoms with E-state index in [9.17, 15) is 13.2 Å². The fourth-order valence-electron chi connectivity index (χ4n) is 3.80. The molecule has 1 fully saturated rings. The minimum absolute atomic E-state index is 0.143. The number of nitrogens with one attached hydrogen (secondary N) is 1. The predicted octanol–water partition coefficient (Wildman–Crippen LogP) is 3.05. The Bertz CT molecular complexity index is 995. The molecular weight excluding hydrogens is 444 g/mol. The Morgan fingerprint density at radius 1 is 1.16 bits per heavy atom. The van der Waals surface area contributed by atoms with Gasteiger partial charge in [-0.25, -0.2) is 13.4 Å². The fraction of sp³-hybridized carbons (Fsp3) is 0.565. The van der Waals surface area contributed by atoms with Crippen LogP contribution in [0.4, 0.5) is 0 Å². The molecule has 176 valence electrons. The molecule has 1 aliphatic rings. The molecule has 9 heteroatoms. The van der Waals surface area contributed by atoms with Crippen LogP contribution in [0.3, 0.4) is 0 Å². The third-order valence-corrected chi connectivity index (χ3v) is 8.13. The first kappa shape index (κ1) is 24.8. The number of sulfonamides is 1. The first-order valence-corrected chi connectivity index (χ1v) is 13.6. The summed E-state index contributed by atoms with van der Waals surface area (Å²) >= 11 is 1.69. The highest BCUT2D eigenvalue weighted by atomic mass is 32.2. The SMILES string of the molecule is CCc1nc(CN2CCN(C(=O)C(CC(C)C)NS(=O)(=O)c3ccc(C)cc3)CC2)cs1. The number of rotatable bonds is 9. The third-order valence-electron chi connectivity index (χ3n) is 5.61. The highest BCUT2D eigenvalue weighted by Gasteiger charge is 2.31. The van der Waals surface area contributed by atoms with Gasteiger partial charge < -0.3 is 4.90 Å². The van der Waals surface area contributed by atoms with Crippen molar-refractivity contribution in [2.75, 3.05) is 26.2 Å². The standard InChI is InChI=1S/C23H34N4O3S2/c1-5-22-24-19(16-31-22)15-26-10-12-27(13-11-26)23(28)21(14-17(2)3)25-32(29,30)20-8-6-18(4)7-9-20/h6-9,16-17,21,25H,5,10-15H2,1-4H3. The molecule has 0 spiro atoms. The molecule has 1 amide bonds. The molecule has 0 radical (unpaired) electrons. The van der Waals surface area contributed by atoms with Gasteiger partial charge in [0.05, 0.1) is 15.6 Å². The van der Waals surface area contributed by atoms with Gasteiger partial charge in [0.15, 0.2) is 0 Å². The minimum atomic E-state index is -3.77. The van der Waals surface area contributed by atoms with Crippen molar-refractivity contribution < 1.29 is 13.2 Å². The van der Waals surface area contributed by atoms with E-state index >= 15 is 0 Å². The van der Waals surface area contributed by atoms with Crippen molar-refractivity contribution >= 4 is 27.3 Å². The number of benzene rings is 1. The lowest BCUT2D eigenvalue weighted by Gasteiger charge is -2.36. The van der Waals surface area contributed by atoms with Crippen molar-refractivity contribution in [1.29, 1.82) is 0 Å². The lowest BCUT2D eigenvalue weighted by Crippen LogP contribution is -2.55. The summed E-state index contributed by atoms with van der Waals surface area (Å²) in [6.07, 6.45) is 1.41. The maximum absolute atomic E-state index is 13.3. The van der Waals surface area contributed by atoms with Gasteiger partial charge in [0.2, 0.25) is 15.9 Å². The van der Waals surface area contributed by atoms with Crippen molar-refractivity contribution in [3.05, 3.63) is 45.9 Å². The zero-order valence-corrected chi connectivity index (χ0v) is 21.0. The van der Waals surface area contributed by atoms with Gasteiger partial charge in [-0.2, -0.15) is 4.72 Å². The number of piperazine rings is 1. The number of nitrogens with zero attached hydrogens (tertiary/aromatic N) is 3. The maximum Gasteiger partial charge on any atom is 0.241 e. The maximum atomic E-state index is 13.3. The summed E-state index contributed by atoms with van der Waals surface area (Å²) in [4.78, 5) is 22.2. The van der Waals surface area contributed by atoms with Gasteiger partial charge in [0.1, 0.15) is 6.04 Å². The smallest absolute Gasteiger partial charge is 0.241 e. The molecule has 0 aliphatic carbocycles. The molecule has 3 rings (SSSR count). The van der Waals surface area contributed by atoms with E-state index < -0.39 is 16.1 Å². The number of carbonyl (C=O) groups excluding carboxylic acids is 1. The molecule has 2 aromatic rings. The topological polar surface area (TPSA) is 82.6 Å². The van der Waals surface area contributed by atoms with Crippen LogP contribution in [0.2, 0.25) is 0 Å². The van der Waals surface area contributed by atoms with E-state index in [0.717, 1.165) is 42.3 Å². The van der Waals surface area contributed by atoms with Crippen molar-refractivity contribution in [2.24, 2.45) is 5.92 Å². The molecule has 1 aromatic carbocycles. The van der Waals surface area contributed by atoms with Crippen LogP contribution in [-0.2, 0) is 27.8 Å². The summed E-state index contributed by atoms with van der Waals surface area (Å²) in [7, 11) is -3.77. The van der Waals surface area contributed by atoms with E-state index in [1.807, 2.05) is 20.8 Å². The van der Waals surface area contributed by atoms with E-state index in [0.29, 0.717) is 19.5 Å². The van der Waals surface area contributed by atoms with E-state index in [4.69, 9.17) is 0 Å². The van der Waals surface area contributed by atoms with Crippen LogP contribution in [0, 0.1) is 12.8 Å². The Morgan fingerprint density at radius 2 is 1.81 bits per heavy atom. The number of carbonyl (C=O) groups is 1. The number of hydrogen-bond donors (Lipinski definition) is 1. The fourth-order valence-corrected chi connectivity index (χ4v) is 5.74.